The molecule has 0 unspecified atom stereocenters. The summed E-state index contributed by atoms with van der Waals surface area (Å²) >= 11 is 1.61. The molecule has 0 saturated heterocycles. The highest BCUT2D eigenvalue weighted by atomic mass is 32.1. The van der Waals surface area contributed by atoms with Crippen LogP contribution in [0.25, 0.3) is 16.2 Å². The van der Waals surface area contributed by atoms with Crippen LogP contribution in [0, 0.1) is 13.8 Å². The molecule has 0 spiro atoms. The van der Waals surface area contributed by atoms with E-state index in [1.54, 1.807) is 22.8 Å². The van der Waals surface area contributed by atoms with Gasteiger partial charge in [-0.2, -0.15) is 9.61 Å². The predicted octanol–water partition coefficient (Wildman–Crippen LogP) is 2.32. The summed E-state index contributed by atoms with van der Waals surface area (Å²) in [4.78, 5) is 13.3. The third-order valence-corrected chi connectivity index (χ3v) is 4.96. The van der Waals surface area contributed by atoms with E-state index in [-0.39, 0.29) is 18.9 Å². The van der Waals surface area contributed by atoms with Crippen molar-refractivity contribution in [2.45, 2.75) is 26.8 Å². The fourth-order valence-corrected chi connectivity index (χ4v) is 3.34. The van der Waals surface area contributed by atoms with Gasteiger partial charge >= 0.3 is 0 Å². The van der Waals surface area contributed by atoms with E-state index in [0.29, 0.717) is 17.2 Å². The van der Waals surface area contributed by atoms with Gasteiger partial charge in [0.05, 0.1) is 23.5 Å². The van der Waals surface area contributed by atoms with Gasteiger partial charge in [-0.1, -0.05) is 11.2 Å². The van der Waals surface area contributed by atoms with Crippen LogP contribution in [0.1, 0.15) is 22.8 Å². The fourth-order valence-electron chi connectivity index (χ4n) is 2.65. The van der Waals surface area contributed by atoms with Crippen LogP contribution in [0.4, 0.5) is 0 Å². The lowest BCUT2D eigenvalue weighted by Gasteiger charge is -2.04. The number of amides is 1. The molecule has 0 aliphatic rings. The van der Waals surface area contributed by atoms with Crippen LogP contribution >= 0.6 is 11.3 Å². The summed E-state index contributed by atoms with van der Waals surface area (Å²) in [7, 11) is 0. The molecule has 4 heterocycles. The van der Waals surface area contributed by atoms with Crippen LogP contribution in [-0.4, -0.2) is 30.9 Å². The Kier molecular flexibility index (Phi) is 4.21. The van der Waals surface area contributed by atoms with Crippen molar-refractivity contribution >= 4 is 22.9 Å². The smallest absolute Gasteiger partial charge is 0.225 e. The third-order valence-electron chi connectivity index (χ3n) is 4.06. The van der Waals surface area contributed by atoms with E-state index in [1.165, 1.54) is 0 Å². The van der Waals surface area contributed by atoms with Crippen LogP contribution in [0.5, 0.6) is 0 Å². The summed E-state index contributed by atoms with van der Waals surface area (Å²) in [6, 6.07) is 7.77. The van der Waals surface area contributed by atoms with Crippen molar-refractivity contribution in [3.05, 3.63) is 52.5 Å². The second kappa shape index (κ2) is 6.68. The average molecular weight is 368 g/mol. The van der Waals surface area contributed by atoms with Crippen molar-refractivity contribution in [1.82, 2.24) is 30.3 Å². The Labute approximate surface area is 152 Å². The van der Waals surface area contributed by atoms with Gasteiger partial charge < -0.3 is 9.84 Å². The fraction of sp³-hybridized carbons (Fsp3) is 0.235. The highest BCUT2D eigenvalue weighted by molar-refractivity contribution is 7.13. The number of carbonyl (C=O) groups excluding carboxylic acids is 1. The number of aryl methyl sites for hydroxylation is 2. The lowest BCUT2D eigenvalue weighted by atomic mass is 10.1. The normalized spacial score (nSPS) is 11.2. The van der Waals surface area contributed by atoms with Crippen molar-refractivity contribution in [3.63, 3.8) is 0 Å². The molecule has 0 radical (unpaired) electrons. The minimum atomic E-state index is -0.134. The maximum Gasteiger partial charge on any atom is 0.225 e. The van der Waals surface area contributed by atoms with Crippen molar-refractivity contribution in [2.24, 2.45) is 0 Å². The summed E-state index contributed by atoms with van der Waals surface area (Å²) in [6.45, 7) is 3.86. The molecule has 4 rings (SSSR count). The molecule has 4 aromatic heterocycles. The van der Waals surface area contributed by atoms with E-state index in [0.717, 1.165) is 21.8 Å². The van der Waals surface area contributed by atoms with Gasteiger partial charge in [-0.25, -0.2) is 0 Å². The lowest BCUT2D eigenvalue weighted by molar-refractivity contribution is -0.120. The molecule has 0 saturated carbocycles. The van der Waals surface area contributed by atoms with Gasteiger partial charge in [0, 0.05) is 5.56 Å². The Morgan fingerprint density at radius 3 is 2.88 bits per heavy atom. The number of hydrogen-bond donors (Lipinski definition) is 1. The van der Waals surface area contributed by atoms with Gasteiger partial charge in [0.2, 0.25) is 5.91 Å². The van der Waals surface area contributed by atoms with Gasteiger partial charge in [0.25, 0.3) is 0 Å². The largest absolute Gasteiger partial charge is 0.361 e. The SMILES string of the molecule is Cc1noc(C)c1CC(=O)NCc1nnc2ccc(-c3cccs3)nn12. The van der Waals surface area contributed by atoms with Gasteiger partial charge in [0.15, 0.2) is 11.5 Å². The molecule has 4 aromatic rings. The van der Waals surface area contributed by atoms with Crippen molar-refractivity contribution < 1.29 is 9.32 Å². The van der Waals surface area contributed by atoms with Gasteiger partial charge in [0.1, 0.15) is 11.5 Å². The monoisotopic (exact) mass is 368 g/mol. The first-order valence-electron chi connectivity index (χ1n) is 8.05. The van der Waals surface area contributed by atoms with E-state index in [9.17, 15) is 4.79 Å². The molecule has 26 heavy (non-hydrogen) atoms. The topological polar surface area (TPSA) is 98.2 Å². The Bertz CT molecular complexity index is 1050. The van der Waals surface area contributed by atoms with E-state index >= 15 is 0 Å². The minimum Gasteiger partial charge on any atom is -0.361 e. The molecule has 0 fully saturated rings. The third kappa shape index (κ3) is 3.08. The second-order valence-electron chi connectivity index (χ2n) is 5.84. The van der Waals surface area contributed by atoms with E-state index in [4.69, 9.17) is 4.52 Å². The molecular formula is C17H16N6O2S. The minimum absolute atomic E-state index is 0.134. The Hall–Kier alpha value is -3.07. The summed E-state index contributed by atoms with van der Waals surface area (Å²) in [6.07, 6.45) is 0.214. The molecule has 0 aliphatic carbocycles. The zero-order chi connectivity index (χ0) is 18.1. The highest BCUT2D eigenvalue weighted by Crippen LogP contribution is 2.22. The number of fused-ring (bicyclic) bond motifs is 1. The van der Waals surface area contributed by atoms with Crippen LogP contribution in [-0.2, 0) is 17.8 Å². The summed E-state index contributed by atoms with van der Waals surface area (Å²) in [5.74, 6) is 1.10. The van der Waals surface area contributed by atoms with Gasteiger partial charge in [-0.05, 0) is 37.4 Å². The van der Waals surface area contributed by atoms with E-state index < -0.39 is 0 Å². The number of carbonyl (C=O) groups is 1. The summed E-state index contributed by atoms with van der Waals surface area (Å²) in [5, 5.41) is 21.5. The first-order valence-corrected chi connectivity index (χ1v) is 8.93. The first-order chi connectivity index (χ1) is 12.6. The lowest BCUT2D eigenvalue weighted by Crippen LogP contribution is -2.26. The molecular weight excluding hydrogens is 352 g/mol. The molecule has 9 heteroatoms. The summed E-state index contributed by atoms with van der Waals surface area (Å²) < 4.78 is 6.75. The van der Waals surface area contributed by atoms with Crippen LogP contribution in [0.15, 0.2) is 34.2 Å². The maximum atomic E-state index is 12.2. The average Bonchev–Trinajstić information content (AvgIpc) is 3.36. The standard InChI is InChI=1S/C17H16N6O2S/c1-10-12(11(2)25-22-10)8-17(24)18-9-16-20-19-15-6-5-13(21-23(15)16)14-4-3-7-26-14/h3-7H,8-9H2,1-2H3,(H,18,24). The zero-order valence-electron chi connectivity index (χ0n) is 14.3. The van der Waals surface area contributed by atoms with Gasteiger partial charge in [-0.15, -0.1) is 21.5 Å². The molecule has 0 aromatic carbocycles. The molecule has 1 amide bonds. The molecule has 1 N–H and O–H groups in total. The summed E-state index contributed by atoms with van der Waals surface area (Å²) in [5.41, 5.74) is 3.02. The molecule has 132 valence electrons. The number of rotatable bonds is 5. The van der Waals surface area contributed by atoms with Crippen LogP contribution in [0.2, 0.25) is 0 Å². The maximum absolute atomic E-state index is 12.2. The first kappa shape index (κ1) is 16.4. The van der Waals surface area contributed by atoms with Crippen molar-refractivity contribution in [3.8, 4) is 10.6 Å². The molecule has 0 atom stereocenters. The zero-order valence-corrected chi connectivity index (χ0v) is 15.1. The number of hydrogen-bond acceptors (Lipinski definition) is 7. The predicted molar refractivity (Wildman–Crippen MR) is 95.6 cm³/mol. The number of aromatic nitrogens is 5. The number of thiophene rings is 1. The second-order valence-corrected chi connectivity index (χ2v) is 6.79. The van der Waals surface area contributed by atoms with Crippen molar-refractivity contribution in [2.75, 3.05) is 0 Å². The van der Waals surface area contributed by atoms with Gasteiger partial charge in [-0.3, -0.25) is 4.79 Å². The Morgan fingerprint density at radius 1 is 1.27 bits per heavy atom. The van der Waals surface area contributed by atoms with E-state index in [2.05, 4.69) is 25.8 Å². The number of nitrogens with zero attached hydrogens (tertiary/aromatic N) is 5. The van der Waals surface area contributed by atoms with Crippen LogP contribution in [0.3, 0.4) is 0 Å². The van der Waals surface area contributed by atoms with E-state index in [1.807, 2.05) is 36.6 Å². The van der Waals surface area contributed by atoms with Crippen molar-refractivity contribution in [1.29, 1.82) is 0 Å². The molecule has 0 aliphatic heterocycles. The molecule has 8 nitrogen and oxygen atoms in total. The van der Waals surface area contributed by atoms with Crippen LogP contribution < -0.4 is 5.32 Å². The Balaban J connectivity index is 1.50. The number of nitrogens with one attached hydrogen (secondary N) is 1. The quantitative estimate of drug-likeness (QED) is 0.580. The Morgan fingerprint density at radius 2 is 2.15 bits per heavy atom. The highest BCUT2D eigenvalue weighted by Gasteiger charge is 2.15. The molecule has 0 bridgehead atoms.